The van der Waals surface area contributed by atoms with Gasteiger partial charge >= 0.3 is 0 Å². The number of anilines is 1. The van der Waals surface area contributed by atoms with Gasteiger partial charge in [-0.25, -0.2) is 0 Å². The largest absolute Gasteiger partial charge is 0.375 e. The van der Waals surface area contributed by atoms with E-state index < -0.39 is 0 Å². The molecule has 0 spiro atoms. The zero-order valence-electron chi connectivity index (χ0n) is 9.28. The monoisotopic (exact) mass is 208 g/mol. The van der Waals surface area contributed by atoms with Crippen molar-refractivity contribution in [2.24, 2.45) is 0 Å². The van der Waals surface area contributed by atoms with E-state index in [9.17, 15) is 10.1 Å². The Morgan fingerprint density at radius 1 is 1.40 bits per heavy atom. The quantitative estimate of drug-likeness (QED) is 0.610. The number of hydrogen-bond acceptors (Lipinski definition) is 3. The van der Waals surface area contributed by atoms with Crippen LogP contribution in [0.5, 0.6) is 0 Å². The van der Waals surface area contributed by atoms with Gasteiger partial charge in [0.1, 0.15) is 5.69 Å². The number of nitro groups is 1. The maximum Gasteiger partial charge on any atom is 0.292 e. The maximum atomic E-state index is 10.8. The van der Waals surface area contributed by atoms with E-state index in [-0.39, 0.29) is 16.1 Å². The fraction of sp³-hybridized carbons (Fsp3) is 0.455. The van der Waals surface area contributed by atoms with Crippen molar-refractivity contribution in [3.8, 4) is 0 Å². The van der Waals surface area contributed by atoms with Crippen LogP contribution in [0.25, 0.3) is 0 Å². The third kappa shape index (κ3) is 2.94. The second-order valence-corrected chi connectivity index (χ2v) is 4.14. The maximum absolute atomic E-state index is 10.8. The van der Waals surface area contributed by atoms with Gasteiger partial charge in [-0.15, -0.1) is 0 Å². The van der Waals surface area contributed by atoms with E-state index in [1.54, 1.807) is 18.2 Å². The summed E-state index contributed by atoms with van der Waals surface area (Å²) in [5.74, 6) is 0. The van der Waals surface area contributed by atoms with Crippen LogP contribution in [0.1, 0.15) is 27.2 Å². The molecule has 82 valence electrons. The molecule has 0 amide bonds. The van der Waals surface area contributed by atoms with Gasteiger partial charge in [-0.2, -0.15) is 0 Å². The highest BCUT2D eigenvalue weighted by atomic mass is 16.6. The molecule has 0 radical (unpaired) electrons. The normalized spacial score (nSPS) is 11.1. The number of nitrogens with one attached hydrogen (secondary N) is 1. The van der Waals surface area contributed by atoms with E-state index in [1.165, 1.54) is 6.07 Å². The zero-order valence-corrected chi connectivity index (χ0v) is 9.28. The Hall–Kier alpha value is -1.58. The molecule has 0 aliphatic rings. The molecule has 1 aromatic rings. The molecular formula is C11H16N2O2. The predicted octanol–water partition coefficient (Wildman–Crippen LogP) is 3.20. The lowest BCUT2D eigenvalue weighted by Gasteiger charge is -2.25. The molecule has 0 aliphatic carbocycles. The van der Waals surface area contributed by atoms with Crippen LogP contribution in [0.4, 0.5) is 11.4 Å². The SMILES string of the molecule is CCC(C)(C)Nc1ccccc1[N+](=O)[O-]. The third-order valence-corrected chi connectivity index (χ3v) is 2.46. The first kappa shape index (κ1) is 11.5. The van der Waals surface area contributed by atoms with E-state index in [4.69, 9.17) is 0 Å². The van der Waals surface area contributed by atoms with Gasteiger partial charge in [0.2, 0.25) is 0 Å². The Morgan fingerprint density at radius 2 is 2.00 bits per heavy atom. The number of nitro benzene ring substituents is 1. The number of hydrogen-bond donors (Lipinski definition) is 1. The highest BCUT2D eigenvalue weighted by molar-refractivity contribution is 5.62. The third-order valence-electron chi connectivity index (χ3n) is 2.46. The Kier molecular flexibility index (Phi) is 3.29. The van der Waals surface area contributed by atoms with E-state index in [0.717, 1.165) is 6.42 Å². The number of benzene rings is 1. The van der Waals surface area contributed by atoms with Crippen molar-refractivity contribution in [3.63, 3.8) is 0 Å². The minimum absolute atomic E-state index is 0.124. The van der Waals surface area contributed by atoms with Crippen molar-refractivity contribution >= 4 is 11.4 Å². The molecule has 0 aromatic heterocycles. The fourth-order valence-corrected chi connectivity index (χ4v) is 1.19. The van der Waals surface area contributed by atoms with E-state index in [0.29, 0.717) is 5.69 Å². The summed E-state index contributed by atoms with van der Waals surface area (Å²) in [6.07, 6.45) is 0.902. The lowest BCUT2D eigenvalue weighted by atomic mass is 10.0. The summed E-state index contributed by atoms with van der Waals surface area (Å²) in [5, 5.41) is 13.9. The summed E-state index contributed by atoms with van der Waals surface area (Å²) in [7, 11) is 0. The average Bonchev–Trinajstić information content (AvgIpc) is 2.18. The van der Waals surface area contributed by atoms with Gasteiger partial charge in [0.05, 0.1) is 4.92 Å². The molecule has 0 fully saturated rings. The van der Waals surface area contributed by atoms with Gasteiger partial charge in [0.15, 0.2) is 0 Å². The number of rotatable bonds is 4. The Bertz CT molecular complexity index is 361. The van der Waals surface area contributed by atoms with Gasteiger partial charge in [-0.3, -0.25) is 10.1 Å². The Labute approximate surface area is 89.5 Å². The minimum Gasteiger partial charge on any atom is -0.375 e. The Balaban J connectivity index is 2.99. The molecule has 0 aliphatic heterocycles. The lowest BCUT2D eigenvalue weighted by Crippen LogP contribution is -2.29. The van der Waals surface area contributed by atoms with Crippen molar-refractivity contribution in [3.05, 3.63) is 34.4 Å². The highest BCUT2D eigenvalue weighted by Crippen LogP contribution is 2.27. The van der Waals surface area contributed by atoms with Gasteiger partial charge in [0, 0.05) is 11.6 Å². The van der Waals surface area contributed by atoms with Gasteiger partial charge in [-0.05, 0) is 26.3 Å². The molecule has 0 heterocycles. The van der Waals surface area contributed by atoms with Crippen LogP contribution in [-0.4, -0.2) is 10.5 Å². The second-order valence-electron chi connectivity index (χ2n) is 4.14. The fourth-order valence-electron chi connectivity index (χ4n) is 1.19. The molecule has 0 bridgehead atoms. The molecule has 4 heteroatoms. The van der Waals surface area contributed by atoms with Crippen molar-refractivity contribution in [1.82, 2.24) is 0 Å². The van der Waals surface area contributed by atoms with Crippen LogP contribution in [0.15, 0.2) is 24.3 Å². The van der Waals surface area contributed by atoms with Crippen LogP contribution >= 0.6 is 0 Å². The van der Waals surface area contributed by atoms with Gasteiger partial charge < -0.3 is 5.32 Å². The predicted molar refractivity (Wildman–Crippen MR) is 61.1 cm³/mol. The van der Waals surface area contributed by atoms with Crippen LogP contribution < -0.4 is 5.32 Å². The molecular weight excluding hydrogens is 192 g/mol. The summed E-state index contributed by atoms with van der Waals surface area (Å²) in [6, 6.07) is 6.70. The summed E-state index contributed by atoms with van der Waals surface area (Å²) in [5.41, 5.74) is 0.569. The van der Waals surface area contributed by atoms with Crippen LogP contribution in [0, 0.1) is 10.1 Å². The first-order valence-electron chi connectivity index (χ1n) is 4.98. The molecule has 4 nitrogen and oxygen atoms in total. The molecule has 0 saturated heterocycles. The van der Waals surface area contributed by atoms with E-state index in [2.05, 4.69) is 5.32 Å². The number of para-hydroxylation sites is 2. The molecule has 0 unspecified atom stereocenters. The molecule has 1 aromatic carbocycles. The van der Waals surface area contributed by atoms with Crippen molar-refractivity contribution < 1.29 is 4.92 Å². The summed E-state index contributed by atoms with van der Waals surface area (Å²) < 4.78 is 0. The van der Waals surface area contributed by atoms with Crippen LogP contribution in [0.2, 0.25) is 0 Å². The second kappa shape index (κ2) is 4.29. The molecule has 0 atom stereocenters. The van der Waals surface area contributed by atoms with Crippen molar-refractivity contribution in [2.45, 2.75) is 32.7 Å². The minimum atomic E-state index is -0.367. The molecule has 15 heavy (non-hydrogen) atoms. The van der Waals surface area contributed by atoms with Crippen molar-refractivity contribution in [1.29, 1.82) is 0 Å². The van der Waals surface area contributed by atoms with E-state index in [1.807, 2.05) is 20.8 Å². The van der Waals surface area contributed by atoms with E-state index >= 15 is 0 Å². The molecule has 1 N–H and O–H groups in total. The molecule has 1 rings (SSSR count). The van der Waals surface area contributed by atoms with Gasteiger partial charge in [-0.1, -0.05) is 19.1 Å². The van der Waals surface area contributed by atoms with Crippen molar-refractivity contribution in [2.75, 3.05) is 5.32 Å². The highest BCUT2D eigenvalue weighted by Gasteiger charge is 2.19. The number of nitrogens with zero attached hydrogens (tertiary/aromatic N) is 1. The first-order chi connectivity index (χ1) is 6.96. The molecule has 0 saturated carbocycles. The first-order valence-corrected chi connectivity index (χ1v) is 4.98. The topological polar surface area (TPSA) is 55.2 Å². The average molecular weight is 208 g/mol. The summed E-state index contributed by atoms with van der Waals surface area (Å²) in [6.45, 7) is 6.08. The standard InChI is InChI=1S/C11H16N2O2/c1-4-11(2,3)12-9-7-5-6-8-10(9)13(14)15/h5-8,12H,4H2,1-3H3. The zero-order chi connectivity index (χ0) is 11.5. The summed E-state index contributed by atoms with van der Waals surface area (Å²) >= 11 is 0. The Morgan fingerprint density at radius 3 is 2.53 bits per heavy atom. The lowest BCUT2D eigenvalue weighted by molar-refractivity contribution is -0.384. The van der Waals surface area contributed by atoms with Gasteiger partial charge in [0.25, 0.3) is 5.69 Å². The smallest absolute Gasteiger partial charge is 0.292 e. The summed E-state index contributed by atoms with van der Waals surface area (Å²) in [4.78, 5) is 10.4. The van der Waals surface area contributed by atoms with Crippen LogP contribution in [-0.2, 0) is 0 Å². The van der Waals surface area contributed by atoms with Crippen LogP contribution in [0.3, 0.4) is 0 Å².